The molecule has 126 valence electrons. The third-order valence-corrected chi connectivity index (χ3v) is 6.68. The molecule has 0 radical (unpaired) electrons. The second-order valence-electron chi connectivity index (χ2n) is 6.13. The molecule has 1 aliphatic heterocycles. The highest BCUT2D eigenvalue weighted by Gasteiger charge is 2.41. The minimum Gasteiger partial charge on any atom is -0.484 e. The van der Waals surface area contributed by atoms with Gasteiger partial charge in [-0.15, -0.1) is 0 Å². The van der Waals surface area contributed by atoms with E-state index in [1.165, 1.54) is 4.31 Å². The third kappa shape index (κ3) is 3.84. The Balaban J connectivity index is 1.47. The maximum absolute atomic E-state index is 12.2. The van der Waals surface area contributed by atoms with Crippen molar-refractivity contribution in [3.05, 3.63) is 29.8 Å². The van der Waals surface area contributed by atoms with Crippen LogP contribution in [0.5, 0.6) is 5.75 Å². The van der Waals surface area contributed by atoms with Crippen LogP contribution in [0.25, 0.3) is 0 Å². The third-order valence-electron chi connectivity index (χ3n) is 4.28. The predicted molar refractivity (Wildman–Crippen MR) is 86.8 cm³/mol. The molecule has 0 aromatic heterocycles. The first kappa shape index (κ1) is 16.3. The molecule has 6 nitrogen and oxygen atoms in total. The van der Waals surface area contributed by atoms with Crippen molar-refractivity contribution in [2.24, 2.45) is 0 Å². The highest BCUT2D eigenvalue weighted by atomic mass is 32.2. The molecule has 0 atom stereocenters. The van der Waals surface area contributed by atoms with Gasteiger partial charge in [0, 0.05) is 26.2 Å². The van der Waals surface area contributed by atoms with Crippen molar-refractivity contribution in [3.63, 3.8) is 0 Å². The number of carbonyl (C=O) groups excluding carboxylic acids is 1. The van der Waals surface area contributed by atoms with Crippen LogP contribution < -0.4 is 4.74 Å². The molecule has 7 heteroatoms. The summed E-state index contributed by atoms with van der Waals surface area (Å²) in [6.45, 7) is 3.61. The second kappa shape index (κ2) is 6.49. The monoisotopic (exact) mass is 338 g/mol. The van der Waals surface area contributed by atoms with E-state index in [0.717, 1.165) is 18.4 Å². The zero-order valence-electron chi connectivity index (χ0n) is 13.3. The lowest BCUT2D eigenvalue weighted by Gasteiger charge is -2.34. The van der Waals surface area contributed by atoms with Crippen LogP contribution in [0.1, 0.15) is 18.4 Å². The molecule has 0 spiro atoms. The fraction of sp³-hybridized carbons (Fsp3) is 0.562. The average Bonchev–Trinajstić information content (AvgIpc) is 3.39. The van der Waals surface area contributed by atoms with Gasteiger partial charge in [0.25, 0.3) is 5.91 Å². The van der Waals surface area contributed by atoms with Crippen LogP contribution in [-0.2, 0) is 14.8 Å². The van der Waals surface area contributed by atoms with Crippen molar-refractivity contribution >= 4 is 15.9 Å². The number of ether oxygens (including phenoxy) is 1. The van der Waals surface area contributed by atoms with Crippen LogP contribution in [0.15, 0.2) is 24.3 Å². The van der Waals surface area contributed by atoms with Crippen molar-refractivity contribution in [1.29, 1.82) is 0 Å². The first-order valence-corrected chi connectivity index (χ1v) is 9.43. The summed E-state index contributed by atoms with van der Waals surface area (Å²) in [7, 11) is -3.13. The Morgan fingerprint density at radius 3 is 2.30 bits per heavy atom. The smallest absolute Gasteiger partial charge is 0.260 e. The topological polar surface area (TPSA) is 66.9 Å². The normalized spacial score (nSPS) is 19.6. The van der Waals surface area contributed by atoms with Gasteiger partial charge < -0.3 is 9.64 Å². The van der Waals surface area contributed by atoms with Gasteiger partial charge in [-0.1, -0.05) is 17.7 Å². The number of amides is 1. The van der Waals surface area contributed by atoms with E-state index in [9.17, 15) is 13.2 Å². The highest BCUT2D eigenvalue weighted by molar-refractivity contribution is 7.90. The number of piperazine rings is 1. The summed E-state index contributed by atoms with van der Waals surface area (Å²) in [5.41, 5.74) is 1.14. The molecule has 1 aromatic rings. The minimum absolute atomic E-state index is 0.0154. The molecule has 1 aliphatic carbocycles. The van der Waals surface area contributed by atoms with E-state index in [-0.39, 0.29) is 17.8 Å². The quantitative estimate of drug-likeness (QED) is 0.804. The van der Waals surface area contributed by atoms with Crippen LogP contribution in [-0.4, -0.2) is 61.6 Å². The largest absolute Gasteiger partial charge is 0.484 e. The number of sulfonamides is 1. The van der Waals surface area contributed by atoms with Gasteiger partial charge in [-0.25, -0.2) is 8.42 Å². The standard InChI is InChI=1S/C16H22N2O4S/c1-13-2-4-14(5-3-13)22-12-16(19)17-8-10-18(11-9-17)23(20,21)15-6-7-15/h2-5,15H,6-12H2,1H3. The van der Waals surface area contributed by atoms with Gasteiger partial charge in [-0.05, 0) is 31.9 Å². The maximum Gasteiger partial charge on any atom is 0.260 e. The lowest BCUT2D eigenvalue weighted by Crippen LogP contribution is -2.52. The summed E-state index contributed by atoms with van der Waals surface area (Å²) in [4.78, 5) is 13.8. The molecule has 1 saturated carbocycles. The molecular formula is C16H22N2O4S. The fourth-order valence-corrected chi connectivity index (χ4v) is 4.47. The summed E-state index contributed by atoms with van der Waals surface area (Å²) in [5, 5.41) is -0.186. The number of aryl methyl sites for hydroxylation is 1. The summed E-state index contributed by atoms with van der Waals surface area (Å²) >= 11 is 0. The highest BCUT2D eigenvalue weighted by Crippen LogP contribution is 2.31. The number of rotatable bonds is 5. The fourth-order valence-electron chi connectivity index (χ4n) is 2.64. The molecule has 0 N–H and O–H groups in total. The van der Waals surface area contributed by atoms with E-state index in [1.54, 1.807) is 4.90 Å². The van der Waals surface area contributed by atoms with Crippen molar-refractivity contribution in [1.82, 2.24) is 9.21 Å². The van der Waals surface area contributed by atoms with Crippen molar-refractivity contribution in [2.45, 2.75) is 25.0 Å². The van der Waals surface area contributed by atoms with E-state index in [4.69, 9.17) is 4.74 Å². The maximum atomic E-state index is 12.2. The predicted octanol–water partition coefficient (Wildman–Crippen LogP) is 1.01. The SMILES string of the molecule is Cc1ccc(OCC(=O)N2CCN(S(=O)(=O)C3CC3)CC2)cc1. The molecule has 2 fully saturated rings. The Hall–Kier alpha value is -1.60. The molecule has 2 aliphatic rings. The van der Waals surface area contributed by atoms with Gasteiger partial charge >= 0.3 is 0 Å². The average molecular weight is 338 g/mol. The van der Waals surface area contributed by atoms with Gasteiger partial charge in [0.05, 0.1) is 5.25 Å². The van der Waals surface area contributed by atoms with Gasteiger partial charge in [0.2, 0.25) is 10.0 Å². The Kier molecular flexibility index (Phi) is 4.59. The van der Waals surface area contributed by atoms with Crippen LogP contribution in [0.3, 0.4) is 0 Å². The van der Waals surface area contributed by atoms with E-state index in [2.05, 4.69) is 0 Å². The minimum atomic E-state index is -3.13. The number of hydrogen-bond donors (Lipinski definition) is 0. The lowest BCUT2D eigenvalue weighted by atomic mass is 10.2. The van der Waals surface area contributed by atoms with E-state index >= 15 is 0 Å². The molecule has 1 heterocycles. The van der Waals surface area contributed by atoms with Crippen LogP contribution in [0.4, 0.5) is 0 Å². The van der Waals surface area contributed by atoms with E-state index < -0.39 is 10.0 Å². The van der Waals surface area contributed by atoms with Crippen LogP contribution in [0.2, 0.25) is 0 Å². The molecule has 0 unspecified atom stereocenters. The number of hydrogen-bond acceptors (Lipinski definition) is 4. The van der Waals surface area contributed by atoms with Crippen molar-refractivity contribution < 1.29 is 17.9 Å². The van der Waals surface area contributed by atoms with Gasteiger partial charge in [0.15, 0.2) is 6.61 Å². The summed E-state index contributed by atoms with van der Waals surface area (Å²) in [6, 6.07) is 7.54. The molecule has 1 amide bonds. The molecule has 1 saturated heterocycles. The number of benzene rings is 1. The Morgan fingerprint density at radius 2 is 1.74 bits per heavy atom. The van der Waals surface area contributed by atoms with E-state index in [1.807, 2.05) is 31.2 Å². The van der Waals surface area contributed by atoms with Crippen molar-refractivity contribution in [2.75, 3.05) is 32.8 Å². The molecule has 1 aromatic carbocycles. The summed E-state index contributed by atoms with van der Waals surface area (Å²) in [5.74, 6) is 0.563. The van der Waals surface area contributed by atoms with Crippen LogP contribution in [0, 0.1) is 6.92 Å². The Bertz CT molecular complexity index is 660. The molecule has 3 rings (SSSR count). The second-order valence-corrected chi connectivity index (χ2v) is 8.34. The van der Waals surface area contributed by atoms with Gasteiger partial charge in [-0.3, -0.25) is 4.79 Å². The summed E-state index contributed by atoms with van der Waals surface area (Å²) < 4.78 is 31.3. The van der Waals surface area contributed by atoms with Crippen LogP contribution >= 0.6 is 0 Å². The number of nitrogens with zero attached hydrogens (tertiary/aromatic N) is 2. The molecule has 0 bridgehead atoms. The Morgan fingerprint density at radius 1 is 1.13 bits per heavy atom. The molecular weight excluding hydrogens is 316 g/mol. The molecule has 23 heavy (non-hydrogen) atoms. The first-order valence-electron chi connectivity index (χ1n) is 7.93. The zero-order chi connectivity index (χ0) is 16.4. The lowest BCUT2D eigenvalue weighted by molar-refractivity contribution is -0.134. The first-order chi connectivity index (χ1) is 11.0. The van der Waals surface area contributed by atoms with E-state index in [0.29, 0.717) is 31.9 Å². The zero-order valence-corrected chi connectivity index (χ0v) is 14.1. The Labute approximate surface area is 137 Å². The van der Waals surface area contributed by atoms with Gasteiger partial charge in [-0.2, -0.15) is 4.31 Å². The number of carbonyl (C=O) groups is 1. The van der Waals surface area contributed by atoms with Crippen molar-refractivity contribution in [3.8, 4) is 5.75 Å². The summed E-state index contributed by atoms with van der Waals surface area (Å²) in [6.07, 6.45) is 1.54. The van der Waals surface area contributed by atoms with Gasteiger partial charge in [0.1, 0.15) is 5.75 Å².